The highest BCUT2D eigenvalue weighted by Crippen LogP contribution is 2.22. The van der Waals surface area contributed by atoms with Gasteiger partial charge in [-0.15, -0.1) is 0 Å². The van der Waals surface area contributed by atoms with Gasteiger partial charge < -0.3 is 10.8 Å². The Balaban J connectivity index is 2.79. The summed E-state index contributed by atoms with van der Waals surface area (Å²) in [6.07, 6.45) is 3.05. The van der Waals surface area contributed by atoms with Crippen molar-refractivity contribution in [2.45, 2.75) is 12.5 Å². The van der Waals surface area contributed by atoms with Crippen LogP contribution in [-0.4, -0.2) is 16.6 Å². The molecule has 0 radical (unpaired) electrons. The van der Waals surface area contributed by atoms with Crippen molar-refractivity contribution in [3.05, 3.63) is 29.0 Å². The summed E-state index contributed by atoms with van der Waals surface area (Å²) in [5.41, 5.74) is 5.99. The van der Waals surface area contributed by atoms with Crippen LogP contribution in [0.4, 0.5) is 0 Å². The lowest BCUT2D eigenvalue weighted by Gasteiger charge is -2.09. The molecule has 0 aromatic carbocycles. The monoisotopic (exact) mass is 186 g/mol. The van der Waals surface area contributed by atoms with Crippen LogP contribution in [0.3, 0.4) is 0 Å². The quantitative estimate of drug-likeness (QED) is 0.744. The summed E-state index contributed by atoms with van der Waals surface area (Å²) in [6.45, 7) is 0.444. The molecular formula is C8H11ClN2O. The minimum Gasteiger partial charge on any atom is -0.388 e. The Morgan fingerprint density at radius 1 is 1.67 bits per heavy atom. The van der Waals surface area contributed by atoms with Gasteiger partial charge in [-0.3, -0.25) is 4.98 Å². The molecule has 0 bridgehead atoms. The van der Waals surface area contributed by atoms with Crippen molar-refractivity contribution in [1.29, 1.82) is 0 Å². The number of halogens is 1. The molecule has 1 rings (SSSR count). The summed E-state index contributed by atoms with van der Waals surface area (Å²) in [5, 5.41) is 9.99. The average Bonchev–Trinajstić information content (AvgIpc) is 2.05. The van der Waals surface area contributed by atoms with Crippen LogP contribution in [0, 0.1) is 0 Å². The number of nitrogens with zero attached hydrogens (tertiary/aromatic N) is 1. The van der Waals surface area contributed by atoms with E-state index in [0.717, 1.165) is 0 Å². The zero-order chi connectivity index (χ0) is 8.97. The molecule has 0 unspecified atom stereocenters. The van der Waals surface area contributed by atoms with Gasteiger partial charge in [0.05, 0.1) is 11.1 Å². The molecule has 0 spiro atoms. The molecule has 3 nitrogen and oxygen atoms in total. The molecular weight excluding hydrogens is 176 g/mol. The Labute approximate surface area is 76.2 Å². The SMILES string of the molecule is NCC[C@H](O)c1ccncc1Cl. The third-order valence-corrected chi connectivity index (χ3v) is 1.92. The number of hydrogen-bond acceptors (Lipinski definition) is 3. The lowest BCUT2D eigenvalue weighted by atomic mass is 10.1. The largest absolute Gasteiger partial charge is 0.388 e. The topological polar surface area (TPSA) is 59.1 Å². The summed E-state index contributed by atoms with van der Waals surface area (Å²) < 4.78 is 0. The molecule has 4 heteroatoms. The van der Waals surface area contributed by atoms with Crippen LogP contribution in [0.2, 0.25) is 5.02 Å². The first-order valence-electron chi connectivity index (χ1n) is 3.73. The van der Waals surface area contributed by atoms with Crippen molar-refractivity contribution in [1.82, 2.24) is 4.98 Å². The maximum absolute atomic E-state index is 9.51. The highest BCUT2D eigenvalue weighted by atomic mass is 35.5. The van der Waals surface area contributed by atoms with Gasteiger partial charge in [-0.2, -0.15) is 0 Å². The summed E-state index contributed by atoms with van der Waals surface area (Å²) in [6, 6.07) is 1.70. The van der Waals surface area contributed by atoms with Gasteiger partial charge in [-0.25, -0.2) is 0 Å². The van der Waals surface area contributed by atoms with Crippen molar-refractivity contribution in [2.24, 2.45) is 5.73 Å². The van der Waals surface area contributed by atoms with Gasteiger partial charge in [0.25, 0.3) is 0 Å². The third kappa shape index (κ3) is 2.17. The van der Waals surface area contributed by atoms with E-state index >= 15 is 0 Å². The molecule has 1 aromatic heterocycles. The fraction of sp³-hybridized carbons (Fsp3) is 0.375. The highest BCUT2D eigenvalue weighted by Gasteiger charge is 2.09. The molecule has 0 aliphatic carbocycles. The fourth-order valence-corrected chi connectivity index (χ4v) is 1.21. The zero-order valence-electron chi connectivity index (χ0n) is 6.57. The second-order valence-corrected chi connectivity index (χ2v) is 2.90. The Kier molecular flexibility index (Phi) is 3.47. The Bertz CT molecular complexity index is 255. The minimum atomic E-state index is -0.578. The first-order chi connectivity index (χ1) is 5.75. The molecule has 0 fully saturated rings. The van der Waals surface area contributed by atoms with Crippen LogP contribution in [0.25, 0.3) is 0 Å². The summed E-state index contributed by atoms with van der Waals surface area (Å²) in [7, 11) is 0. The van der Waals surface area contributed by atoms with Crippen molar-refractivity contribution in [2.75, 3.05) is 6.54 Å². The minimum absolute atomic E-state index is 0.444. The predicted octanol–water partition coefficient (Wildman–Crippen LogP) is 1.12. The normalized spacial score (nSPS) is 12.9. The zero-order valence-corrected chi connectivity index (χ0v) is 7.33. The van der Waals surface area contributed by atoms with Crippen molar-refractivity contribution in [3.63, 3.8) is 0 Å². The van der Waals surface area contributed by atoms with Crippen molar-refractivity contribution < 1.29 is 5.11 Å². The predicted molar refractivity (Wildman–Crippen MR) is 47.9 cm³/mol. The highest BCUT2D eigenvalue weighted by molar-refractivity contribution is 6.31. The van der Waals surface area contributed by atoms with E-state index in [1.807, 2.05) is 0 Å². The Morgan fingerprint density at radius 3 is 3.00 bits per heavy atom. The molecule has 0 saturated heterocycles. The van der Waals surface area contributed by atoms with E-state index in [1.54, 1.807) is 12.3 Å². The molecule has 0 saturated carbocycles. The molecule has 1 atom stereocenters. The van der Waals surface area contributed by atoms with Gasteiger partial charge >= 0.3 is 0 Å². The molecule has 66 valence electrons. The first kappa shape index (κ1) is 9.45. The van der Waals surface area contributed by atoms with Gasteiger partial charge in [-0.05, 0) is 19.0 Å². The number of nitrogens with two attached hydrogens (primary N) is 1. The van der Waals surface area contributed by atoms with E-state index in [2.05, 4.69) is 4.98 Å². The van der Waals surface area contributed by atoms with Gasteiger partial charge in [0.2, 0.25) is 0 Å². The number of aromatic nitrogens is 1. The van der Waals surface area contributed by atoms with Crippen LogP contribution in [-0.2, 0) is 0 Å². The number of aliphatic hydroxyl groups is 1. The second kappa shape index (κ2) is 4.40. The standard InChI is InChI=1S/C8H11ClN2O/c9-7-5-11-4-2-6(7)8(12)1-3-10/h2,4-5,8,12H,1,3,10H2/t8-/m0/s1. The molecule has 0 aliphatic rings. The Morgan fingerprint density at radius 2 is 2.42 bits per heavy atom. The lowest BCUT2D eigenvalue weighted by molar-refractivity contribution is 0.170. The van der Waals surface area contributed by atoms with Gasteiger partial charge in [0, 0.05) is 18.0 Å². The van der Waals surface area contributed by atoms with Crippen LogP contribution in [0.15, 0.2) is 18.5 Å². The number of aliphatic hydroxyl groups excluding tert-OH is 1. The van der Waals surface area contributed by atoms with Gasteiger partial charge in [-0.1, -0.05) is 11.6 Å². The number of hydrogen-bond donors (Lipinski definition) is 2. The van der Waals surface area contributed by atoms with Crippen LogP contribution >= 0.6 is 11.6 Å². The fourth-order valence-electron chi connectivity index (χ4n) is 0.970. The van der Waals surface area contributed by atoms with Crippen molar-refractivity contribution in [3.8, 4) is 0 Å². The molecule has 1 heterocycles. The second-order valence-electron chi connectivity index (χ2n) is 2.49. The number of rotatable bonds is 3. The van der Waals surface area contributed by atoms with E-state index in [1.165, 1.54) is 6.20 Å². The van der Waals surface area contributed by atoms with E-state index in [0.29, 0.717) is 23.6 Å². The molecule has 12 heavy (non-hydrogen) atoms. The molecule has 3 N–H and O–H groups in total. The van der Waals surface area contributed by atoms with Crippen LogP contribution < -0.4 is 5.73 Å². The average molecular weight is 187 g/mol. The van der Waals surface area contributed by atoms with E-state index in [4.69, 9.17) is 17.3 Å². The smallest absolute Gasteiger partial charge is 0.0817 e. The molecule has 0 aliphatic heterocycles. The summed E-state index contributed by atoms with van der Waals surface area (Å²) in [4.78, 5) is 3.81. The van der Waals surface area contributed by atoms with Gasteiger partial charge in [0.15, 0.2) is 0 Å². The van der Waals surface area contributed by atoms with Crippen molar-refractivity contribution >= 4 is 11.6 Å². The summed E-state index contributed by atoms with van der Waals surface area (Å²) in [5.74, 6) is 0. The maximum atomic E-state index is 9.51. The first-order valence-corrected chi connectivity index (χ1v) is 4.11. The summed E-state index contributed by atoms with van der Waals surface area (Å²) >= 11 is 5.79. The van der Waals surface area contributed by atoms with E-state index < -0.39 is 6.10 Å². The van der Waals surface area contributed by atoms with Crippen LogP contribution in [0.5, 0.6) is 0 Å². The van der Waals surface area contributed by atoms with E-state index in [9.17, 15) is 5.11 Å². The molecule has 1 aromatic rings. The lowest BCUT2D eigenvalue weighted by Crippen LogP contribution is -2.07. The number of pyridine rings is 1. The molecule has 0 amide bonds. The van der Waals surface area contributed by atoms with Crippen LogP contribution in [0.1, 0.15) is 18.1 Å². The Hall–Kier alpha value is -0.640. The van der Waals surface area contributed by atoms with Gasteiger partial charge in [0.1, 0.15) is 0 Å². The third-order valence-electron chi connectivity index (χ3n) is 1.60. The van der Waals surface area contributed by atoms with E-state index in [-0.39, 0.29) is 0 Å². The maximum Gasteiger partial charge on any atom is 0.0817 e.